The standard InChI is InChI=1S/C13H16N2O3/c1-9(2)12(13(17)18)15-11(16)7-6-10-5-3-4-8-14-10/h3-9,12H,1-2H3,(H,15,16)(H,17,18)/b7-6+. The second-order valence-corrected chi connectivity index (χ2v) is 4.16. The molecule has 1 amide bonds. The van der Waals surface area contributed by atoms with Gasteiger partial charge in [-0.05, 0) is 24.1 Å². The summed E-state index contributed by atoms with van der Waals surface area (Å²) in [7, 11) is 0. The number of carbonyl (C=O) groups is 2. The maximum absolute atomic E-state index is 11.5. The maximum atomic E-state index is 11.5. The average Bonchev–Trinajstić information content (AvgIpc) is 2.34. The fourth-order valence-corrected chi connectivity index (χ4v) is 1.35. The van der Waals surface area contributed by atoms with E-state index in [4.69, 9.17) is 5.11 Å². The third-order valence-electron chi connectivity index (χ3n) is 2.32. The Morgan fingerprint density at radius 1 is 1.39 bits per heavy atom. The highest BCUT2D eigenvalue weighted by molar-refractivity contribution is 5.94. The van der Waals surface area contributed by atoms with Crippen LogP contribution in [0.2, 0.25) is 0 Å². The molecule has 5 heteroatoms. The van der Waals surface area contributed by atoms with Crippen molar-refractivity contribution >= 4 is 18.0 Å². The van der Waals surface area contributed by atoms with Crippen molar-refractivity contribution < 1.29 is 14.7 Å². The summed E-state index contributed by atoms with van der Waals surface area (Å²) in [4.78, 5) is 26.5. The summed E-state index contributed by atoms with van der Waals surface area (Å²) in [6, 6.07) is 4.45. The monoisotopic (exact) mass is 248 g/mol. The van der Waals surface area contributed by atoms with Crippen molar-refractivity contribution in [1.82, 2.24) is 10.3 Å². The maximum Gasteiger partial charge on any atom is 0.326 e. The second-order valence-electron chi connectivity index (χ2n) is 4.16. The Balaban J connectivity index is 2.61. The SMILES string of the molecule is CC(C)C(NC(=O)/C=C/c1ccccn1)C(=O)O. The summed E-state index contributed by atoms with van der Waals surface area (Å²) in [5.41, 5.74) is 0.643. The minimum Gasteiger partial charge on any atom is -0.480 e. The van der Waals surface area contributed by atoms with E-state index in [1.54, 1.807) is 38.2 Å². The van der Waals surface area contributed by atoms with Crippen LogP contribution >= 0.6 is 0 Å². The van der Waals surface area contributed by atoms with Gasteiger partial charge in [-0.2, -0.15) is 0 Å². The van der Waals surface area contributed by atoms with Crippen LogP contribution in [-0.4, -0.2) is 28.0 Å². The Morgan fingerprint density at radius 2 is 2.11 bits per heavy atom. The van der Waals surface area contributed by atoms with Crippen molar-refractivity contribution in [3.8, 4) is 0 Å². The number of carboxylic acid groups (broad SMARTS) is 1. The molecule has 0 saturated heterocycles. The van der Waals surface area contributed by atoms with E-state index in [1.807, 2.05) is 0 Å². The molecule has 1 heterocycles. The highest BCUT2D eigenvalue weighted by Crippen LogP contribution is 2.02. The molecule has 1 rings (SSSR count). The number of amides is 1. The van der Waals surface area contributed by atoms with Crippen LogP contribution in [0.5, 0.6) is 0 Å². The Kier molecular flexibility index (Phi) is 5.05. The number of pyridine rings is 1. The third kappa shape index (κ3) is 4.37. The molecule has 0 aliphatic rings. The molecule has 0 saturated carbocycles. The summed E-state index contributed by atoms with van der Waals surface area (Å²) in [6.45, 7) is 3.48. The first-order chi connectivity index (χ1) is 8.50. The van der Waals surface area contributed by atoms with Crippen LogP contribution in [0, 0.1) is 5.92 Å². The van der Waals surface area contributed by atoms with Crippen molar-refractivity contribution in [2.24, 2.45) is 5.92 Å². The Hall–Kier alpha value is -2.17. The Morgan fingerprint density at radius 3 is 2.61 bits per heavy atom. The predicted octanol–water partition coefficient (Wildman–Crippen LogP) is 1.32. The van der Waals surface area contributed by atoms with Gasteiger partial charge < -0.3 is 10.4 Å². The van der Waals surface area contributed by atoms with E-state index < -0.39 is 17.9 Å². The number of nitrogens with one attached hydrogen (secondary N) is 1. The van der Waals surface area contributed by atoms with Gasteiger partial charge in [-0.3, -0.25) is 9.78 Å². The second kappa shape index (κ2) is 6.54. The van der Waals surface area contributed by atoms with E-state index in [1.165, 1.54) is 12.2 Å². The van der Waals surface area contributed by atoms with Crippen LogP contribution in [-0.2, 0) is 9.59 Å². The van der Waals surface area contributed by atoms with Gasteiger partial charge >= 0.3 is 5.97 Å². The number of hydrogen-bond acceptors (Lipinski definition) is 3. The zero-order chi connectivity index (χ0) is 13.5. The van der Waals surface area contributed by atoms with E-state index in [9.17, 15) is 9.59 Å². The number of carbonyl (C=O) groups excluding carboxylic acids is 1. The van der Waals surface area contributed by atoms with Gasteiger partial charge in [-0.15, -0.1) is 0 Å². The van der Waals surface area contributed by atoms with Crippen molar-refractivity contribution in [3.63, 3.8) is 0 Å². The molecular weight excluding hydrogens is 232 g/mol. The fourth-order valence-electron chi connectivity index (χ4n) is 1.35. The minimum absolute atomic E-state index is 0.172. The molecule has 2 N–H and O–H groups in total. The molecule has 0 aliphatic heterocycles. The molecular formula is C13H16N2O3. The van der Waals surface area contributed by atoms with Crippen molar-refractivity contribution in [2.75, 3.05) is 0 Å². The van der Waals surface area contributed by atoms with Gasteiger partial charge in [0.2, 0.25) is 5.91 Å². The normalized spacial score (nSPS) is 12.6. The predicted molar refractivity (Wildman–Crippen MR) is 67.7 cm³/mol. The fraction of sp³-hybridized carbons (Fsp3) is 0.308. The molecule has 0 aromatic carbocycles. The average molecular weight is 248 g/mol. The molecule has 18 heavy (non-hydrogen) atoms. The number of hydrogen-bond donors (Lipinski definition) is 2. The van der Waals surface area contributed by atoms with Crippen molar-refractivity contribution in [1.29, 1.82) is 0 Å². The highest BCUT2D eigenvalue weighted by Gasteiger charge is 2.22. The van der Waals surface area contributed by atoms with Gasteiger partial charge in [-0.25, -0.2) is 4.79 Å². The summed E-state index contributed by atoms with van der Waals surface area (Å²) in [5.74, 6) is -1.65. The number of carboxylic acids is 1. The van der Waals surface area contributed by atoms with Crippen LogP contribution in [0.15, 0.2) is 30.5 Å². The first-order valence-corrected chi connectivity index (χ1v) is 5.63. The smallest absolute Gasteiger partial charge is 0.326 e. The van der Waals surface area contributed by atoms with E-state index in [0.717, 1.165) is 0 Å². The first kappa shape index (κ1) is 13.9. The van der Waals surface area contributed by atoms with Gasteiger partial charge in [0.1, 0.15) is 6.04 Å². The number of rotatable bonds is 5. The lowest BCUT2D eigenvalue weighted by molar-refractivity contribution is -0.142. The van der Waals surface area contributed by atoms with Gasteiger partial charge in [0.05, 0.1) is 5.69 Å². The molecule has 0 aliphatic carbocycles. The largest absolute Gasteiger partial charge is 0.480 e. The number of nitrogens with zero attached hydrogens (tertiary/aromatic N) is 1. The van der Waals surface area contributed by atoms with Crippen molar-refractivity contribution in [2.45, 2.75) is 19.9 Å². The van der Waals surface area contributed by atoms with Crippen molar-refractivity contribution in [3.05, 3.63) is 36.2 Å². The number of aliphatic carboxylic acids is 1. The van der Waals surface area contributed by atoms with Crippen LogP contribution in [0.1, 0.15) is 19.5 Å². The lowest BCUT2D eigenvalue weighted by Gasteiger charge is -2.16. The zero-order valence-corrected chi connectivity index (χ0v) is 10.3. The number of aromatic nitrogens is 1. The zero-order valence-electron chi connectivity index (χ0n) is 10.3. The Bertz CT molecular complexity index is 441. The topological polar surface area (TPSA) is 79.3 Å². The van der Waals surface area contributed by atoms with E-state index in [-0.39, 0.29) is 5.92 Å². The lowest BCUT2D eigenvalue weighted by atomic mass is 10.0. The van der Waals surface area contributed by atoms with E-state index >= 15 is 0 Å². The molecule has 1 aromatic rings. The quantitative estimate of drug-likeness (QED) is 0.770. The van der Waals surface area contributed by atoms with Gasteiger partial charge in [0.25, 0.3) is 0 Å². The van der Waals surface area contributed by atoms with Crippen LogP contribution in [0.3, 0.4) is 0 Å². The molecule has 1 unspecified atom stereocenters. The molecule has 1 aromatic heterocycles. The van der Waals surface area contributed by atoms with Gasteiger partial charge in [-0.1, -0.05) is 19.9 Å². The van der Waals surface area contributed by atoms with E-state index in [0.29, 0.717) is 5.69 Å². The first-order valence-electron chi connectivity index (χ1n) is 5.63. The van der Waals surface area contributed by atoms with Crippen LogP contribution in [0.25, 0.3) is 6.08 Å². The molecule has 0 bridgehead atoms. The molecule has 0 fully saturated rings. The summed E-state index contributed by atoms with van der Waals surface area (Å²) in [6.07, 6.45) is 4.43. The van der Waals surface area contributed by atoms with Gasteiger partial charge in [0, 0.05) is 12.3 Å². The van der Waals surface area contributed by atoms with Crippen LogP contribution in [0.4, 0.5) is 0 Å². The molecule has 0 radical (unpaired) electrons. The Labute approximate surface area is 106 Å². The summed E-state index contributed by atoms with van der Waals surface area (Å²) < 4.78 is 0. The van der Waals surface area contributed by atoms with Gasteiger partial charge in [0.15, 0.2) is 0 Å². The highest BCUT2D eigenvalue weighted by atomic mass is 16.4. The molecule has 5 nitrogen and oxygen atoms in total. The lowest BCUT2D eigenvalue weighted by Crippen LogP contribution is -2.43. The minimum atomic E-state index is -1.04. The molecule has 1 atom stereocenters. The van der Waals surface area contributed by atoms with E-state index in [2.05, 4.69) is 10.3 Å². The van der Waals surface area contributed by atoms with Crippen LogP contribution < -0.4 is 5.32 Å². The molecule has 96 valence electrons. The summed E-state index contributed by atoms with van der Waals surface area (Å²) >= 11 is 0. The summed E-state index contributed by atoms with van der Waals surface area (Å²) in [5, 5.41) is 11.4. The third-order valence-corrected chi connectivity index (χ3v) is 2.32. The molecule has 0 spiro atoms.